The second-order valence-corrected chi connectivity index (χ2v) is 13.1. The van der Waals surface area contributed by atoms with Gasteiger partial charge in [0.2, 0.25) is 0 Å². The predicted octanol–water partition coefficient (Wildman–Crippen LogP) is 8.67. The number of carbonyl (C=O) groups is 1. The first-order chi connectivity index (χ1) is 16.5. The summed E-state index contributed by atoms with van der Waals surface area (Å²) in [7, 11) is -0.747. The zero-order chi connectivity index (χ0) is 27.0. The molecule has 0 bridgehead atoms. The van der Waals surface area contributed by atoms with E-state index in [1.54, 1.807) is 11.3 Å². The molecular weight excluding hydrogens is 474 g/mol. The molecular formula is C29H51NO3S2. The van der Waals surface area contributed by atoms with Crippen molar-refractivity contribution in [2.75, 3.05) is 0 Å². The Morgan fingerprint density at radius 1 is 1.17 bits per heavy atom. The molecule has 0 aliphatic heterocycles. The summed E-state index contributed by atoms with van der Waals surface area (Å²) in [6, 6.07) is 0. The molecule has 0 N–H and O–H groups in total. The minimum absolute atomic E-state index is 0.141. The third-order valence-corrected chi connectivity index (χ3v) is 8.50. The molecule has 0 saturated carbocycles. The number of allylic oxidation sites excluding steroid dienone is 1. The fourth-order valence-corrected chi connectivity index (χ4v) is 5.92. The standard InChI is InChI=1S/C27H45NO3S2.C2H6/c1-9-11-27(29)31-26(22(6)17-25-18-32-24(8)28-25)15-14-20(4)12-10-13-21(5)16-23(7)33(30)19(2)3;1-2/h14,17-19,21,23,26H,9-13,15-16H2,1-8H3;1-2H3/b20-14-,22-17+;. The number of hydrogen-bond donors (Lipinski definition) is 0. The topological polar surface area (TPSA) is 56.3 Å². The van der Waals surface area contributed by atoms with E-state index in [1.807, 2.05) is 59.9 Å². The highest BCUT2D eigenvalue weighted by atomic mass is 32.2. The SMILES string of the molecule is CC.CCCC(=O)OC(C/C=C(/C)CCCC(C)CC(C)S(=O)C(C)C)/C(C)=C/c1csc(C)n1. The first-order valence-electron chi connectivity index (χ1n) is 13.4. The summed E-state index contributed by atoms with van der Waals surface area (Å²) in [5.74, 6) is 0.433. The van der Waals surface area contributed by atoms with Crippen LogP contribution >= 0.6 is 11.3 Å². The number of aromatic nitrogens is 1. The van der Waals surface area contributed by atoms with E-state index in [0.717, 1.165) is 48.4 Å². The third-order valence-electron chi connectivity index (χ3n) is 5.79. The molecule has 0 aliphatic rings. The van der Waals surface area contributed by atoms with Gasteiger partial charge in [-0.05, 0) is 64.0 Å². The summed E-state index contributed by atoms with van der Waals surface area (Å²) in [6.45, 7) is 20.6. The van der Waals surface area contributed by atoms with Gasteiger partial charge in [-0.15, -0.1) is 11.3 Å². The molecule has 0 amide bonds. The van der Waals surface area contributed by atoms with Crippen molar-refractivity contribution in [3.8, 4) is 0 Å². The van der Waals surface area contributed by atoms with Crippen LogP contribution in [0.5, 0.6) is 0 Å². The quantitative estimate of drug-likeness (QED) is 0.170. The van der Waals surface area contributed by atoms with E-state index < -0.39 is 10.8 Å². The lowest BCUT2D eigenvalue weighted by atomic mass is 9.97. The van der Waals surface area contributed by atoms with Crippen LogP contribution in [-0.2, 0) is 20.3 Å². The smallest absolute Gasteiger partial charge is 0.306 e. The molecule has 6 heteroatoms. The van der Waals surface area contributed by atoms with Gasteiger partial charge in [-0.25, -0.2) is 4.98 Å². The van der Waals surface area contributed by atoms with E-state index in [0.29, 0.717) is 18.8 Å². The van der Waals surface area contributed by atoms with Gasteiger partial charge < -0.3 is 4.74 Å². The zero-order valence-electron chi connectivity index (χ0n) is 24.0. The minimum Gasteiger partial charge on any atom is -0.457 e. The molecule has 0 radical (unpaired) electrons. The van der Waals surface area contributed by atoms with Crippen LogP contribution < -0.4 is 0 Å². The van der Waals surface area contributed by atoms with E-state index in [4.69, 9.17) is 4.74 Å². The monoisotopic (exact) mass is 525 g/mol. The van der Waals surface area contributed by atoms with Gasteiger partial charge in [0.25, 0.3) is 0 Å². The minimum atomic E-state index is -0.747. The van der Waals surface area contributed by atoms with Crippen molar-refractivity contribution in [2.45, 2.75) is 131 Å². The average Bonchev–Trinajstić information content (AvgIpc) is 3.21. The maximum Gasteiger partial charge on any atom is 0.306 e. The molecule has 1 heterocycles. The first kappa shape index (κ1) is 33.7. The molecule has 35 heavy (non-hydrogen) atoms. The van der Waals surface area contributed by atoms with Crippen LogP contribution in [0.2, 0.25) is 0 Å². The van der Waals surface area contributed by atoms with Gasteiger partial charge in [-0.2, -0.15) is 0 Å². The average molecular weight is 526 g/mol. The number of nitrogens with zero attached hydrogens (tertiary/aromatic N) is 1. The molecule has 4 unspecified atom stereocenters. The van der Waals surface area contributed by atoms with Crippen molar-refractivity contribution >= 4 is 34.2 Å². The molecule has 4 atom stereocenters. The maximum atomic E-state index is 12.3. The summed E-state index contributed by atoms with van der Waals surface area (Å²) in [5.41, 5.74) is 3.28. The molecule has 1 aromatic heterocycles. The Hall–Kier alpha value is -1.27. The van der Waals surface area contributed by atoms with Gasteiger partial charge in [0.05, 0.1) is 10.7 Å². The van der Waals surface area contributed by atoms with E-state index in [2.05, 4.69) is 31.8 Å². The summed E-state index contributed by atoms with van der Waals surface area (Å²) < 4.78 is 18.1. The fraction of sp³-hybridized carbons (Fsp3) is 0.724. The van der Waals surface area contributed by atoms with Crippen LogP contribution in [0.4, 0.5) is 0 Å². The molecule has 1 rings (SSSR count). The van der Waals surface area contributed by atoms with Crippen LogP contribution in [0.15, 0.2) is 22.6 Å². The number of esters is 1. The Morgan fingerprint density at radius 2 is 1.83 bits per heavy atom. The Morgan fingerprint density at radius 3 is 2.37 bits per heavy atom. The highest BCUT2D eigenvalue weighted by Crippen LogP contribution is 2.22. The maximum absolute atomic E-state index is 12.3. The molecule has 0 aliphatic carbocycles. The highest BCUT2D eigenvalue weighted by Gasteiger charge is 2.18. The van der Waals surface area contributed by atoms with Crippen LogP contribution in [0.3, 0.4) is 0 Å². The molecule has 202 valence electrons. The van der Waals surface area contributed by atoms with Gasteiger partial charge in [0, 0.05) is 39.5 Å². The van der Waals surface area contributed by atoms with Crippen molar-refractivity contribution in [2.24, 2.45) is 5.92 Å². The third kappa shape index (κ3) is 14.8. The van der Waals surface area contributed by atoms with Crippen molar-refractivity contribution in [3.63, 3.8) is 0 Å². The van der Waals surface area contributed by atoms with Crippen LogP contribution in [0, 0.1) is 12.8 Å². The van der Waals surface area contributed by atoms with Gasteiger partial charge in [0.15, 0.2) is 0 Å². The fourth-order valence-electron chi connectivity index (χ4n) is 3.90. The van der Waals surface area contributed by atoms with Gasteiger partial charge in [0.1, 0.15) is 6.10 Å². The number of ether oxygens (including phenoxy) is 1. The Balaban J connectivity index is 0.00000562. The number of hydrogen-bond acceptors (Lipinski definition) is 5. The van der Waals surface area contributed by atoms with E-state index >= 15 is 0 Å². The lowest BCUT2D eigenvalue weighted by Crippen LogP contribution is -2.21. The van der Waals surface area contributed by atoms with E-state index in [1.165, 1.54) is 5.57 Å². The van der Waals surface area contributed by atoms with E-state index in [-0.39, 0.29) is 22.6 Å². The van der Waals surface area contributed by atoms with Crippen molar-refractivity contribution in [1.82, 2.24) is 4.98 Å². The summed E-state index contributed by atoms with van der Waals surface area (Å²) in [5, 5.41) is 3.55. The molecule has 0 aromatic carbocycles. The Bertz CT molecular complexity index is 811. The van der Waals surface area contributed by atoms with Gasteiger partial charge >= 0.3 is 5.97 Å². The van der Waals surface area contributed by atoms with Crippen molar-refractivity contribution in [3.05, 3.63) is 33.3 Å². The summed E-state index contributed by atoms with van der Waals surface area (Å²) in [4.78, 5) is 16.7. The largest absolute Gasteiger partial charge is 0.457 e. The lowest BCUT2D eigenvalue weighted by molar-refractivity contribution is -0.147. The normalized spacial score (nSPS) is 15.7. The lowest BCUT2D eigenvalue weighted by Gasteiger charge is -2.19. The molecule has 1 aromatic rings. The second kappa shape index (κ2) is 18.9. The van der Waals surface area contributed by atoms with Gasteiger partial charge in [-0.3, -0.25) is 9.00 Å². The second-order valence-electron chi connectivity index (χ2n) is 9.62. The number of carbonyl (C=O) groups excluding carboxylic acids is 1. The van der Waals surface area contributed by atoms with Crippen LogP contribution in [0.25, 0.3) is 6.08 Å². The number of rotatable bonds is 15. The number of aryl methyl sites for hydroxylation is 1. The predicted molar refractivity (Wildman–Crippen MR) is 155 cm³/mol. The van der Waals surface area contributed by atoms with Crippen LogP contribution in [0.1, 0.15) is 118 Å². The molecule has 0 spiro atoms. The highest BCUT2D eigenvalue weighted by molar-refractivity contribution is 7.86. The van der Waals surface area contributed by atoms with E-state index in [9.17, 15) is 9.00 Å². The Kier molecular flexibility index (Phi) is 18.2. The van der Waals surface area contributed by atoms with Gasteiger partial charge in [-0.1, -0.05) is 66.5 Å². The Labute approximate surface area is 222 Å². The zero-order valence-corrected chi connectivity index (χ0v) is 25.6. The molecule has 4 nitrogen and oxygen atoms in total. The number of thiazole rings is 1. The van der Waals surface area contributed by atoms with Crippen LogP contribution in [-0.4, -0.2) is 31.8 Å². The molecule has 0 fully saturated rings. The summed E-state index contributed by atoms with van der Waals surface area (Å²) >= 11 is 1.62. The first-order valence-corrected chi connectivity index (χ1v) is 15.5. The molecule has 0 saturated heterocycles. The summed E-state index contributed by atoms with van der Waals surface area (Å²) in [6.07, 6.45) is 10.2. The van der Waals surface area contributed by atoms with Crippen molar-refractivity contribution < 1.29 is 13.7 Å². The van der Waals surface area contributed by atoms with Crippen molar-refractivity contribution in [1.29, 1.82) is 0 Å².